The second-order valence-corrected chi connectivity index (χ2v) is 4.68. The van der Waals surface area contributed by atoms with Crippen LogP contribution in [0.1, 0.15) is 26.7 Å². The minimum atomic E-state index is -0.742. The lowest BCUT2D eigenvalue weighted by atomic mass is 9.93. The lowest BCUT2D eigenvalue weighted by molar-refractivity contribution is -0.150. The Morgan fingerprint density at radius 1 is 1.53 bits per heavy atom. The number of hydrogen-bond donors (Lipinski definition) is 1. The molecular formula is C12H23NO4. The van der Waals surface area contributed by atoms with Crippen LogP contribution in [0.25, 0.3) is 0 Å². The van der Waals surface area contributed by atoms with E-state index in [2.05, 4.69) is 0 Å². The Balaban J connectivity index is 2.46. The maximum atomic E-state index is 11.6. The zero-order valence-electron chi connectivity index (χ0n) is 10.9. The lowest BCUT2D eigenvalue weighted by Crippen LogP contribution is -2.50. The van der Waals surface area contributed by atoms with Gasteiger partial charge in [-0.25, -0.2) is 0 Å². The molecule has 17 heavy (non-hydrogen) atoms. The smallest absolute Gasteiger partial charge is 0.323 e. The molecule has 1 N–H and O–H groups in total. The predicted octanol–water partition coefficient (Wildman–Crippen LogP) is 0.411. The number of aliphatic hydroxyl groups is 1. The van der Waals surface area contributed by atoms with Crippen molar-refractivity contribution >= 4 is 5.97 Å². The summed E-state index contributed by atoms with van der Waals surface area (Å²) in [6, 6.07) is -0.332. The van der Waals surface area contributed by atoms with Gasteiger partial charge >= 0.3 is 5.97 Å². The van der Waals surface area contributed by atoms with Gasteiger partial charge in [0.1, 0.15) is 6.04 Å². The molecule has 0 radical (unpaired) electrons. The number of ether oxygens (including phenoxy) is 2. The van der Waals surface area contributed by atoms with E-state index in [1.165, 1.54) is 0 Å². The highest BCUT2D eigenvalue weighted by Gasteiger charge is 2.33. The summed E-state index contributed by atoms with van der Waals surface area (Å²) in [6.45, 7) is 5.60. The van der Waals surface area contributed by atoms with Crippen molar-refractivity contribution in [1.82, 2.24) is 4.90 Å². The van der Waals surface area contributed by atoms with Crippen LogP contribution in [0.3, 0.4) is 0 Å². The number of carbonyl (C=O) groups is 1. The van der Waals surface area contributed by atoms with Crippen LogP contribution in [0, 0.1) is 0 Å². The van der Waals surface area contributed by atoms with Crippen molar-refractivity contribution in [2.75, 3.05) is 33.4 Å². The molecule has 100 valence electrons. The van der Waals surface area contributed by atoms with Gasteiger partial charge in [0.05, 0.1) is 12.2 Å². The van der Waals surface area contributed by atoms with E-state index in [9.17, 15) is 9.90 Å². The molecule has 0 saturated carbocycles. The molecule has 0 spiro atoms. The number of likely N-dealkylation sites (N-methyl/N-ethyl adjacent to an activating group) is 1. The van der Waals surface area contributed by atoms with Crippen molar-refractivity contribution in [3.63, 3.8) is 0 Å². The molecule has 0 aliphatic carbocycles. The summed E-state index contributed by atoms with van der Waals surface area (Å²) >= 11 is 0. The lowest BCUT2D eigenvalue weighted by Gasteiger charge is -2.36. The summed E-state index contributed by atoms with van der Waals surface area (Å²) < 4.78 is 10.2. The highest BCUT2D eigenvalue weighted by molar-refractivity contribution is 5.75. The number of rotatable bonds is 5. The Bertz CT molecular complexity index is 251. The van der Waals surface area contributed by atoms with E-state index >= 15 is 0 Å². The molecule has 1 atom stereocenters. The topological polar surface area (TPSA) is 59.0 Å². The third-order valence-electron chi connectivity index (χ3n) is 3.26. The normalized spacial score (nSPS) is 21.2. The first kappa shape index (κ1) is 14.4. The Labute approximate surface area is 103 Å². The molecule has 0 aromatic rings. The number of nitrogens with zero attached hydrogens (tertiary/aromatic N) is 1. The van der Waals surface area contributed by atoms with E-state index in [1.807, 2.05) is 11.9 Å². The molecule has 0 amide bonds. The van der Waals surface area contributed by atoms with E-state index in [4.69, 9.17) is 9.47 Å². The fraction of sp³-hybridized carbons (Fsp3) is 0.917. The van der Waals surface area contributed by atoms with Crippen LogP contribution in [0.15, 0.2) is 0 Å². The summed E-state index contributed by atoms with van der Waals surface area (Å²) in [5.74, 6) is -0.245. The second kappa shape index (κ2) is 6.33. The molecule has 1 fully saturated rings. The van der Waals surface area contributed by atoms with Gasteiger partial charge in [-0.05, 0) is 20.9 Å². The monoisotopic (exact) mass is 245 g/mol. The van der Waals surface area contributed by atoms with Crippen molar-refractivity contribution in [3.8, 4) is 0 Å². The zero-order chi connectivity index (χ0) is 12.9. The molecule has 1 saturated heterocycles. The van der Waals surface area contributed by atoms with Gasteiger partial charge in [-0.2, -0.15) is 0 Å². The van der Waals surface area contributed by atoms with Crippen LogP contribution in [-0.4, -0.2) is 61.0 Å². The van der Waals surface area contributed by atoms with Gasteiger partial charge in [0, 0.05) is 32.6 Å². The second-order valence-electron chi connectivity index (χ2n) is 4.68. The molecule has 0 aromatic heterocycles. The van der Waals surface area contributed by atoms with Gasteiger partial charge in [-0.3, -0.25) is 9.69 Å². The zero-order valence-corrected chi connectivity index (χ0v) is 10.9. The average Bonchev–Trinajstić information content (AvgIpc) is 2.28. The molecule has 1 rings (SSSR count). The Morgan fingerprint density at radius 2 is 2.12 bits per heavy atom. The van der Waals surface area contributed by atoms with Crippen LogP contribution in [0.4, 0.5) is 0 Å². The highest BCUT2D eigenvalue weighted by Crippen LogP contribution is 2.22. The average molecular weight is 245 g/mol. The SMILES string of the molecule is CCOC(=O)C(C)N(C)CC1(O)CCOCC1. The minimum Gasteiger partial charge on any atom is -0.465 e. The van der Waals surface area contributed by atoms with Crippen molar-refractivity contribution in [3.05, 3.63) is 0 Å². The van der Waals surface area contributed by atoms with Gasteiger partial charge < -0.3 is 14.6 Å². The molecule has 0 aromatic carbocycles. The largest absolute Gasteiger partial charge is 0.465 e. The number of hydrogen-bond acceptors (Lipinski definition) is 5. The summed E-state index contributed by atoms with van der Waals surface area (Å²) in [4.78, 5) is 13.4. The number of esters is 1. The van der Waals surface area contributed by atoms with Gasteiger partial charge in [0.15, 0.2) is 0 Å². The van der Waals surface area contributed by atoms with Crippen LogP contribution >= 0.6 is 0 Å². The van der Waals surface area contributed by atoms with E-state index in [0.717, 1.165) is 0 Å². The molecule has 5 nitrogen and oxygen atoms in total. The first-order valence-corrected chi connectivity index (χ1v) is 6.15. The Kier molecular flexibility index (Phi) is 5.36. The standard InChI is InChI=1S/C12H23NO4/c1-4-17-11(14)10(2)13(3)9-12(15)5-7-16-8-6-12/h10,15H,4-9H2,1-3H3. The summed E-state index contributed by atoms with van der Waals surface area (Å²) in [5, 5.41) is 10.3. The van der Waals surface area contributed by atoms with E-state index in [-0.39, 0.29) is 12.0 Å². The van der Waals surface area contributed by atoms with Crippen molar-refractivity contribution in [2.24, 2.45) is 0 Å². The highest BCUT2D eigenvalue weighted by atomic mass is 16.5. The summed E-state index contributed by atoms with van der Waals surface area (Å²) in [7, 11) is 1.83. The van der Waals surface area contributed by atoms with Crippen LogP contribution in [0.5, 0.6) is 0 Å². The van der Waals surface area contributed by atoms with Crippen molar-refractivity contribution in [2.45, 2.75) is 38.3 Å². The van der Waals surface area contributed by atoms with Crippen LogP contribution in [0.2, 0.25) is 0 Å². The Morgan fingerprint density at radius 3 is 2.65 bits per heavy atom. The summed E-state index contributed by atoms with van der Waals surface area (Å²) in [6.07, 6.45) is 1.24. The van der Waals surface area contributed by atoms with Crippen LogP contribution < -0.4 is 0 Å². The van der Waals surface area contributed by atoms with Crippen molar-refractivity contribution < 1.29 is 19.4 Å². The van der Waals surface area contributed by atoms with Crippen molar-refractivity contribution in [1.29, 1.82) is 0 Å². The molecule has 5 heteroatoms. The first-order valence-electron chi connectivity index (χ1n) is 6.15. The minimum absolute atomic E-state index is 0.245. The van der Waals surface area contributed by atoms with Gasteiger partial charge in [0.2, 0.25) is 0 Å². The maximum Gasteiger partial charge on any atom is 0.323 e. The molecule has 0 bridgehead atoms. The summed E-state index contributed by atoms with van der Waals surface area (Å²) in [5.41, 5.74) is -0.742. The fourth-order valence-corrected chi connectivity index (χ4v) is 1.95. The van der Waals surface area contributed by atoms with Gasteiger partial charge in [0.25, 0.3) is 0 Å². The number of carbonyl (C=O) groups excluding carboxylic acids is 1. The third-order valence-corrected chi connectivity index (χ3v) is 3.26. The third kappa shape index (κ3) is 4.26. The van der Waals surface area contributed by atoms with Gasteiger partial charge in [-0.1, -0.05) is 0 Å². The molecule has 1 aliphatic rings. The van der Waals surface area contributed by atoms with E-state index < -0.39 is 5.60 Å². The van der Waals surface area contributed by atoms with Crippen LogP contribution in [-0.2, 0) is 14.3 Å². The quantitative estimate of drug-likeness (QED) is 0.711. The molecule has 1 aliphatic heterocycles. The first-order chi connectivity index (χ1) is 7.98. The predicted molar refractivity (Wildman–Crippen MR) is 63.7 cm³/mol. The molecule has 1 heterocycles. The maximum absolute atomic E-state index is 11.6. The molecule has 1 unspecified atom stereocenters. The van der Waals surface area contributed by atoms with E-state index in [0.29, 0.717) is 39.2 Å². The Hall–Kier alpha value is -0.650. The molecular weight excluding hydrogens is 222 g/mol. The fourth-order valence-electron chi connectivity index (χ4n) is 1.95. The van der Waals surface area contributed by atoms with Gasteiger partial charge in [-0.15, -0.1) is 0 Å². The van der Waals surface area contributed by atoms with E-state index in [1.54, 1.807) is 13.8 Å².